The molecule has 0 aliphatic carbocycles. The van der Waals surface area contributed by atoms with Gasteiger partial charge in [0, 0.05) is 28.9 Å². The maximum atomic E-state index is 12.5. The molecule has 5 nitrogen and oxygen atoms in total. The molecule has 0 spiro atoms. The van der Waals surface area contributed by atoms with Crippen LogP contribution in [0.2, 0.25) is 0 Å². The Morgan fingerprint density at radius 3 is 2.25 bits per heavy atom. The first-order valence-corrected chi connectivity index (χ1v) is 10.6. The van der Waals surface area contributed by atoms with Gasteiger partial charge in [-0.15, -0.1) is 0 Å². The average Bonchev–Trinajstić information content (AvgIpc) is 2.83. The molecule has 0 bridgehead atoms. The van der Waals surface area contributed by atoms with Gasteiger partial charge < -0.3 is 16.0 Å². The molecule has 32 heavy (non-hydrogen) atoms. The van der Waals surface area contributed by atoms with E-state index in [0.29, 0.717) is 18.5 Å². The van der Waals surface area contributed by atoms with Gasteiger partial charge in [0.25, 0.3) is 0 Å². The van der Waals surface area contributed by atoms with Crippen LogP contribution in [0.25, 0.3) is 10.8 Å². The molecule has 0 aromatic heterocycles. The van der Waals surface area contributed by atoms with Crippen molar-refractivity contribution in [1.82, 2.24) is 0 Å². The largest absolute Gasteiger partial charge is 0.376 e. The smallest absolute Gasteiger partial charge is 0.243 e. The predicted octanol–water partition coefficient (Wildman–Crippen LogP) is 5.46. The maximum absolute atomic E-state index is 12.5. The van der Waals surface area contributed by atoms with Crippen molar-refractivity contribution in [1.29, 1.82) is 0 Å². The summed E-state index contributed by atoms with van der Waals surface area (Å²) in [6.45, 7) is 0.120. The quantitative estimate of drug-likeness (QED) is 0.352. The zero-order chi connectivity index (χ0) is 22.2. The molecule has 5 heteroatoms. The van der Waals surface area contributed by atoms with E-state index < -0.39 is 0 Å². The van der Waals surface area contributed by atoms with E-state index >= 15 is 0 Å². The lowest BCUT2D eigenvalue weighted by atomic mass is 10.1. The van der Waals surface area contributed by atoms with Crippen LogP contribution in [-0.4, -0.2) is 18.4 Å². The van der Waals surface area contributed by atoms with E-state index in [0.717, 1.165) is 27.7 Å². The molecular weight excluding hydrogens is 398 g/mol. The Morgan fingerprint density at radius 2 is 1.38 bits per heavy atom. The third-order valence-electron chi connectivity index (χ3n) is 5.15. The van der Waals surface area contributed by atoms with Gasteiger partial charge in [-0.2, -0.15) is 0 Å². The zero-order valence-corrected chi connectivity index (χ0v) is 17.7. The van der Waals surface area contributed by atoms with E-state index in [2.05, 4.69) is 16.0 Å². The summed E-state index contributed by atoms with van der Waals surface area (Å²) in [6, 6.07) is 31.1. The van der Waals surface area contributed by atoms with Crippen LogP contribution in [-0.2, 0) is 16.0 Å². The highest BCUT2D eigenvalue weighted by atomic mass is 16.2. The molecule has 0 aliphatic heterocycles. The lowest BCUT2D eigenvalue weighted by Gasteiger charge is -2.11. The van der Waals surface area contributed by atoms with E-state index in [1.807, 2.05) is 97.1 Å². The number of hydrogen-bond donors (Lipinski definition) is 3. The fourth-order valence-corrected chi connectivity index (χ4v) is 3.54. The minimum Gasteiger partial charge on any atom is -0.376 e. The van der Waals surface area contributed by atoms with Crippen molar-refractivity contribution in [2.24, 2.45) is 0 Å². The highest BCUT2D eigenvalue weighted by Crippen LogP contribution is 2.23. The van der Waals surface area contributed by atoms with Gasteiger partial charge in [-0.3, -0.25) is 9.59 Å². The van der Waals surface area contributed by atoms with Crippen LogP contribution in [0.5, 0.6) is 0 Å². The van der Waals surface area contributed by atoms with Gasteiger partial charge >= 0.3 is 0 Å². The Kier molecular flexibility index (Phi) is 6.78. The molecular formula is C27H25N3O2. The maximum Gasteiger partial charge on any atom is 0.243 e. The molecule has 0 aliphatic rings. The number of anilines is 3. The minimum atomic E-state index is -0.140. The standard InChI is InChI=1S/C27H25N3O2/c31-26(17-16-20-8-2-1-3-9-20)29-23-13-7-12-22(18-23)28-19-27(32)30-25-15-6-11-21-10-4-5-14-24(21)25/h1-15,18,28H,16-17,19H2,(H,29,31)(H,30,32). The first kappa shape index (κ1) is 21.1. The van der Waals surface area contributed by atoms with E-state index in [1.165, 1.54) is 0 Å². The SMILES string of the molecule is O=C(CCc1ccccc1)Nc1cccc(NCC(=O)Nc2cccc3ccccc23)c1. The Bertz CT molecular complexity index is 1220. The third kappa shape index (κ3) is 5.73. The van der Waals surface area contributed by atoms with Crippen LogP contribution in [0.4, 0.5) is 17.1 Å². The molecule has 0 unspecified atom stereocenters. The van der Waals surface area contributed by atoms with Crippen LogP contribution in [0.1, 0.15) is 12.0 Å². The first-order chi connectivity index (χ1) is 15.7. The molecule has 4 rings (SSSR count). The van der Waals surface area contributed by atoms with Gasteiger partial charge in [-0.05, 0) is 41.6 Å². The lowest BCUT2D eigenvalue weighted by Crippen LogP contribution is -2.22. The number of nitrogens with one attached hydrogen (secondary N) is 3. The van der Waals surface area contributed by atoms with E-state index in [4.69, 9.17) is 0 Å². The monoisotopic (exact) mass is 423 g/mol. The number of benzene rings is 4. The summed E-state index contributed by atoms with van der Waals surface area (Å²) < 4.78 is 0. The second-order valence-electron chi connectivity index (χ2n) is 7.54. The Hall–Kier alpha value is -4.12. The number of fused-ring (bicyclic) bond motifs is 1. The van der Waals surface area contributed by atoms with Crippen LogP contribution >= 0.6 is 0 Å². The van der Waals surface area contributed by atoms with Gasteiger partial charge in [0.2, 0.25) is 11.8 Å². The second kappa shape index (κ2) is 10.3. The van der Waals surface area contributed by atoms with Crippen molar-refractivity contribution in [2.45, 2.75) is 12.8 Å². The molecule has 4 aromatic rings. The lowest BCUT2D eigenvalue weighted by molar-refractivity contribution is -0.116. The number of rotatable bonds is 8. The van der Waals surface area contributed by atoms with Crippen molar-refractivity contribution in [2.75, 3.05) is 22.5 Å². The Labute approximate surface area is 187 Å². The number of carbonyl (C=O) groups is 2. The summed E-state index contributed by atoms with van der Waals surface area (Å²) >= 11 is 0. The molecule has 2 amide bonds. The third-order valence-corrected chi connectivity index (χ3v) is 5.15. The van der Waals surface area contributed by atoms with Crippen molar-refractivity contribution in [3.8, 4) is 0 Å². The van der Waals surface area contributed by atoms with Gasteiger partial charge in [0.15, 0.2) is 0 Å². The van der Waals surface area contributed by atoms with Gasteiger partial charge in [0.05, 0.1) is 6.54 Å². The Morgan fingerprint density at radius 1 is 0.656 bits per heavy atom. The molecule has 0 radical (unpaired) electrons. The van der Waals surface area contributed by atoms with E-state index in [9.17, 15) is 9.59 Å². The minimum absolute atomic E-state index is 0.0419. The van der Waals surface area contributed by atoms with Crippen LogP contribution in [0.3, 0.4) is 0 Å². The fraction of sp³-hybridized carbons (Fsp3) is 0.111. The molecule has 0 saturated carbocycles. The van der Waals surface area contributed by atoms with Crippen molar-refractivity contribution >= 4 is 39.6 Å². The van der Waals surface area contributed by atoms with Crippen LogP contribution in [0.15, 0.2) is 97.1 Å². The van der Waals surface area contributed by atoms with E-state index in [-0.39, 0.29) is 18.4 Å². The molecule has 0 saturated heterocycles. The van der Waals surface area contributed by atoms with E-state index in [1.54, 1.807) is 0 Å². The zero-order valence-electron chi connectivity index (χ0n) is 17.7. The molecule has 4 aromatic carbocycles. The highest BCUT2D eigenvalue weighted by molar-refractivity contribution is 6.03. The average molecular weight is 424 g/mol. The van der Waals surface area contributed by atoms with Crippen LogP contribution < -0.4 is 16.0 Å². The molecule has 0 atom stereocenters. The number of carbonyl (C=O) groups excluding carboxylic acids is 2. The summed E-state index contributed by atoms with van der Waals surface area (Å²) in [5, 5.41) is 11.1. The second-order valence-corrected chi connectivity index (χ2v) is 7.54. The topological polar surface area (TPSA) is 70.2 Å². The molecule has 3 N–H and O–H groups in total. The number of aryl methyl sites for hydroxylation is 1. The van der Waals surface area contributed by atoms with Crippen molar-refractivity contribution < 1.29 is 9.59 Å². The van der Waals surface area contributed by atoms with Crippen LogP contribution in [0, 0.1) is 0 Å². The molecule has 160 valence electrons. The number of amides is 2. The predicted molar refractivity (Wildman–Crippen MR) is 131 cm³/mol. The fourth-order valence-electron chi connectivity index (χ4n) is 3.54. The summed E-state index contributed by atoms with van der Waals surface area (Å²) in [4.78, 5) is 24.7. The summed E-state index contributed by atoms with van der Waals surface area (Å²) in [5.41, 5.74) is 3.38. The molecule has 0 fully saturated rings. The summed E-state index contributed by atoms with van der Waals surface area (Å²) in [6.07, 6.45) is 1.11. The first-order valence-electron chi connectivity index (χ1n) is 10.6. The summed E-state index contributed by atoms with van der Waals surface area (Å²) in [7, 11) is 0. The Balaban J connectivity index is 1.29. The highest BCUT2D eigenvalue weighted by Gasteiger charge is 2.07. The van der Waals surface area contributed by atoms with Crippen molar-refractivity contribution in [3.05, 3.63) is 103 Å². The van der Waals surface area contributed by atoms with Gasteiger partial charge in [-0.1, -0.05) is 72.8 Å². The van der Waals surface area contributed by atoms with Gasteiger partial charge in [-0.25, -0.2) is 0 Å². The normalized spacial score (nSPS) is 10.5. The molecule has 0 heterocycles. The van der Waals surface area contributed by atoms with Crippen molar-refractivity contribution in [3.63, 3.8) is 0 Å². The van der Waals surface area contributed by atoms with Gasteiger partial charge in [0.1, 0.15) is 0 Å². The summed E-state index contributed by atoms with van der Waals surface area (Å²) in [5.74, 6) is -0.182. The number of hydrogen-bond acceptors (Lipinski definition) is 3.